The summed E-state index contributed by atoms with van der Waals surface area (Å²) in [7, 11) is -5.36. The van der Waals surface area contributed by atoms with Gasteiger partial charge in [-0.3, -0.25) is 4.79 Å². The predicted molar refractivity (Wildman–Crippen MR) is 80.3 cm³/mol. The average molecular weight is 376 g/mol. The van der Waals surface area contributed by atoms with E-state index in [1.807, 2.05) is 0 Å². The van der Waals surface area contributed by atoms with Crippen LogP contribution in [-0.2, 0) is 24.3 Å². The molecule has 142 valence electrons. The Balaban J connectivity index is 4.06. The topological polar surface area (TPSA) is 102 Å². The molecule has 0 spiro atoms. The number of hydrogen-bond donors (Lipinski definition) is 2. The Morgan fingerprint density at radius 1 is 1.12 bits per heavy atom. The maximum Gasteiger partial charge on any atom is 0.511 e. The molecular weight excluding hydrogens is 353 g/mol. The molecule has 11 heteroatoms. The number of unbranched alkanes of at least 4 members (excludes halogenated alkanes) is 1. The van der Waals surface area contributed by atoms with Crippen LogP contribution in [0.3, 0.4) is 0 Å². The summed E-state index contributed by atoms with van der Waals surface area (Å²) in [5.74, 6) is -1.08. The van der Waals surface area contributed by atoms with Crippen molar-refractivity contribution in [2.75, 3.05) is 6.54 Å². The third-order valence-corrected chi connectivity index (χ3v) is 3.76. The molecule has 0 heterocycles. The highest BCUT2D eigenvalue weighted by Crippen LogP contribution is 2.21. The number of halogens is 3. The van der Waals surface area contributed by atoms with Crippen molar-refractivity contribution in [1.29, 1.82) is 0 Å². The van der Waals surface area contributed by atoms with Crippen molar-refractivity contribution in [1.82, 2.24) is 10.0 Å². The summed E-state index contributed by atoms with van der Waals surface area (Å²) in [6, 6.07) is -0.861. The van der Waals surface area contributed by atoms with Gasteiger partial charge in [0.2, 0.25) is 5.91 Å². The standard InChI is InChI=1S/C13H23F3N2O5S/c1-9(11(20)23-12(2,3)4)18-10(19)7-5-6-8-17-24(21,22)13(14,15)16/h9,17H,5-8H2,1-4H3,(H,18,19)/t9-/m0/s1. The van der Waals surface area contributed by atoms with Crippen LogP contribution in [0.1, 0.15) is 47.0 Å². The number of amides is 1. The summed E-state index contributed by atoms with van der Waals surface area (Å²) < 4.78 is 64.1. The second-order valence-electron chi connectivity index (χ2n) is 6.12. The second kappa shape index (κ2) is 8.65. The van der Waals surface area contributed by atoms with Gasteiger partial charge in [0.15, 0.2) is 0 Å². The lowest BCUT2D eigenvalue weighted by Gasteiger charge is -2.22. The van der Waals surface area contributed by atoms with Gasteiger partial charge in [0.05, 0.1) is 0 Å². The van der Waals surface area contributed by atoms with Crippen LogP contribution in [0.5, 0.6) is 0 Å². The van der Waals surface area contributed by atoms with Crippen molar-refractivity contribution in [2.45, 2.75) is 64.1 Å². The quantitative estimate of drug-likeness (QED) is 0.493. The maximum atomic E-state index is 12.0. The van der Waals surface area contributed by atoms with Gasteiger partial charge in [0.1, 0.15) is 11.6 Å². The van der Waals surface area contributed by atoms with Crippen LogP contribution in [0.4, 0.5) is 13.2 Å². The lowest BCUT2D eigenvalue weighted by atomic mass is 10.2. The van der Waals surface area contributed by atoms with E-state index in [1.54, 1.807) is 20.8 Å². The summed E-state index contributed by atoms with van der Waals surface area (Å²) in [5.41, 5.74) is -6.04. The number of hydrogen-bond acceptors (Lipinski definition) is 5. The van der Waals surface area contributed by atoms with Gasteiger partial charge in [0, 0.05) is 13.0 Å². The Kier molecular flexibility index (Phi) is 8.16. The maximum absolute atomic E-state index is 12.0. The van der Waals surface area contributed by atoms with Crippen LogP contribution < -0.4 is 10.0 Å². The highest BCUT2D eigenvalue weighted by molar-refractivity contribution is 7.90. The summed E-state index contributed by atoms with van der Waals surface area (Å²) in [5, 5.41) is 2.40. The van der Waals surface area contributed by atoms with Crippen LogP contribution in [0.25, 0.3) is 0 Å². The molecule has 0 saturated heterocycles. The molecule has 1 atom stereocenters. The van der Waals surface area contributed by atoms with Crippen molar-refractivity contribution in [2.24, 2.45) is 0 Å². The monoisotopic (exact) mass is 376 g/mol. The molecular formula is C13H23F3N2O5S. The van der Waals surface area contributed by atoms with E-state index >= 15 is 0 Å². The largest absolute Gasteiger partial charge is 0.511 e. The SMILES string of the molecule is C[C@H](NC(=O)CCCCNS(=O)(=O)C(F)(F)F)C(=O)OC(C)(C)C. The summed E-state index contributed by atoms with van der Waals surface area (Å²) >= 11 is 0. The molecule has 24 heavy (non-hydrogen) atoms. The number of alkyl halides is 3. The van der Waals surface area contributed by atoms with Gasteiger partial charge in [-0.05, 0) is 40.5 Å². The third kappa shape index (κ3) is 9.06. The second-order valence-corrected chi connectivity index (χ2v) is 7.88. The van der Waals surface area contributed by atoms with Crippen molar-refractivity contribution in [3.63, 3.8) is 0 Å². The molecule has 0 bridgehead atoms. The molecule has 7 nitrogen and oxygen atoms in total. The number of nitrogens with one attached hydrogen (secondary N) is 2. The smallest absolute Gasteiger partial charge is 0.458 e. The molecule has 0 saturated carbocycles. The van der Waals surface area contributed by atoms with E-state index in [4.69, 9.17) is 4.74 Å². The average Bonchev–Trinajstić information content (AvgIpc) is 2.34. The number of esters is 1. The summed E-state index contributed by atoms with van der Waals surface area (Å²) in [4.78, 5) is 23.3. The van der Waals surface area contributed by atoms with E-state index in [0.717, 1.165) is 0 Å². The minimum Gasteiger partial charge on any atom is -0.458 e. The van der Waals surface area contributed by atoms with Gasteiger partial charge >= 0.3 is 21.5 Å². The zero-order valence-electron chi connectivity index (χ0n) is 14.0. The van der Waals surface area contributed by atoms with Crippen LogP contribution in [-0.4, -0.2) is 44.0 Å². The minimum atomic E-state index is -5.36. The highest BCUT2D eigenvalue weighted by atomic mass is 32.2. The molecule has 0 aromatic carbocycles. The van der Waals surface area contributed by atoms with Crippen molar-refractivity contribution in [3.8, 4) is 0 Å². The Labute approximate surface area is 139 Å². The van der Waals surface area contributed by atoms with Gasteiger partial charge in [0.25, 0.3) is 0 Å². The predicted octanol–water partition coefficient (Wildman–Crippen LogP) is 1.44. The fourth-order valence-corrected chi connectivity index (χ4v) is 2.04. The highest BCUT2D eigenvalue weighted by Gasteiger charge is 2.45. The number of carbonyl (C=O) groups excluding carboxylic acids is 2. The van der Waals surface area contributed by atoms with Crippen molar-refractivity contribution < 1.29 is 35.9 Å². The molecule has 0 aromatic heterocycles. The molecule has 0 unspecified atom stereocenters. The van der Waals surface area contributed by atoms with Crippen LogP contribution >= 0.6 is 0 Å². The summed E-state index contributed by atoms with van der Waals surface area (Å²) in [6.45, 7) is 6.06. The molecule has 2 N–H and O–H groups in total. The van der Waals surface area contributed by atoms with Crippen LogP contribution in [0, 0.1) is 0 Å². The zero-order chi connectivity index (χ0) is 19.2. The minimum absolute atomic E-state index is 0.0452. The molecule has 0 radical (unpaired) electrons. The Morgan fingerprint density at radius 2 is 1.67 bits per heavy atom. The van der Waals surface area contributed by atoms with E-state index in [0.29, 0.717) is 0 Å². The van der Waals surface area contributed by atoms with E-state index in [-0.39, 0.29) is 19.3 Å². The molecule has 0 rings (SSSR count). The Morgan fingerprint density at radius 3 is 2.12 bits per heavy atom. The molecule has 0 aliphatic rings. The number of sulfonamides is 1. The van der Waals surface area contributed by atoms with Crippen LogP contribution in [0.2, 0.25) is 0 Å². The summed E-state index contributed by atoms with van der Waals surface area (Å²) in [6.07, 6.45) is 0.150. The fourth-order valence-electron chi connectivity index (χ4n) is 1.46. The van der Waals surface area contributed by atoms with Crippen molar-refractivity contribution >= 4 is 21.9 Å². The fraction of sp³-hybridized carbons (Fsp3) is 0.846. The lowest BCUT2D eigenvalue weighted by molar-refractivity contribution is -0.158. The number of ether oxygens (including phenoxy) is 1. The van der Waals surface area contributed by atoms with Gasteiger partial charge in [-0.15, -0.1) is 0 Å². The Bertz CT molecular complexity index is 541. The Hall–Kier alpha value is -1.36. The third-order valence-electron chi connectivity index (χ3n) is 2.57. The zero-order valence-corrected chi connectivity index (χ0v) is 14.8. The molecule has 1 amide bonds. The first-order chi connectivity index (χ1) is 10.7. The molecule has 0 aliphatic carbocycles. The number of carbonyl (C=O) groups is 2. The first-order valence-electron chi connectivity index (χ1n) is 7.24. The molecule has 0 fully saturated rings. The molecule has 0 aromatic rings. The van der Waals surface area contributed by atoms with Crippen molar-refractivity contribution in [3.05, 3.63) is 0 Å². The molecule has 0 aliphatic heterocycles. The lowest BCUT2D eigenvalue weighted by Crippen LogP contribution is -2.42. The van der Waals surface area contributed by atoms with Gasteiger partial charge in [-0.2, -0.15) is 13.2 Å². The first-order valence-corrected chi connectivity index (χ1v) is 8.72. The first kappa shape index (κ1) is 22.6. The van der Waals surface area contributed by atoms with E-state index in [9.17, 15) is 31.2 Å². The van der Waals surface area contributed by atoms with Gasteiger partial charge < -0.3 is 10.1 Å². The van der Waals surface area contributed by atoms with Crippen LogP contribution in [0.15, 0.2) is 0 Å². The normalized spacial score (nSPS) is 14.1. The van der Waals surface area contributed by atoms with Gasteiger partial charge in [-0.1, -0.05) is 0 Å². The number of rotatable bonds is 8. The van der Waals surface area contributed by atoms with E-state index in [2.05, 4.69) is 5.32 Å². The van der Waals surface area contributed by atoms with E-state index in [1.165, 1.54) is 11.6 Å². The van der Waals surface area contributed by atoms with Gasteiger partial charge in [-0.25, -0.2) is 17.9 Å². The van der Waals surface area contributed by atoms with E-state index < -0.39 is 45.6 Å².